The number of hydrogen-bond donors (Lipinski definition) is 2. The Balaban J connectivity index is 1.94. The summed E-state index contributed by atoms with van der Waals surface area (Å²) < 4.78 is 0.919. The highest BCUT2D eigenvalue weighted by Gasteiger charge is 2.05. The Labute approximate surface area is 135 Å². The van der Waals surface area contributed by atoms with Crippen LogP contribution in [0.25, 0.3) is 10.9 Å². The van der Waals surface area contributed by atoms with Crippen molar-refractivity contribution in [3.8, 4) is 0 Å². The summed E-state index contributed by atoms with van der Waals surface area (Å²) in [4.78, 5) is 19.4. The number of nitrogens with one attached hydrogen (secondary N) is 2. The van der Waals surface area contributed by atoms with Crippen LogP contribution in [0.15, 0.2) is 47.1 Å². The first-order valence-corrected chi connectivity index (χ1v) is 7.46. The third-order valence-electron chi connectivity index (χ3n) is 3.27. The van der Waals surface area contributed by atoms with Crippen molar-refractivity contribution in [2.24, 2.45) is 0 Å². The second-order valence-electron chi connectivity index (χ2n) is 4.79. The highest BCUT2D eigenvalue weighted by Crippen LogP contribution is 2.25. The molecule has 0 spiro atoms. The second-order valence-corrected chi connectivity index (χ2v) is 5.64. The van der Waals surface area contributed by atoms with Gasteiger partial charge in [0.1, 0.15) is 0 Å². The van der Waals surface area contributed by atoms with E-state index in [0.717, 1.165) is 32.3 Å². The number of carbonyl (C=O) groups is 1. The van der Waals surface area contributed by atoms with Gasteiger partial charge in [0.15, 0.2) is 0 Å². The fraction of sp³-hybridized carbons (Fsp3) is 0.0625. The van der Waals surface area contributed by atoms with Gasteiger partial charge in [-0.3, -0.25) is 4.79 Å². The van der Waals surface area contributed by atoms with E-state index in [9.17, 15) is 4.79 Å². The van der Waals surface area contributed by atoms with Crippen molar-refractivity contribution < 1.29 is 4.79 Å². The first-order valence-electron chi connectivity index (χ1n) is 6.66. The van der Waals surface area contributed by atoms with Crippen LogP contribution in [0.2, 0.25) is 0 Å². The maximum absolute atomic E-state index is 10.6. The molecule has 1 aromatic heterocycles. The molecule has 1 amide bonds. The first kappa shape index (κ1) is 14.5. The summed E-state index contributed by atoms with van der Waals surface area (Å²) in [7, 11) is 0. The van der Waals surface area contributed by atoms with Gasteiger partial charge in [0.25, 0.3) is 0 Å². The van der Waals surface area contributed by atoms with Crippen molar-refractivity contribution in [3.63, 3.8) is 0 Å². The SMILES string of the molecule is Cc1ccc(Nc2ncc3cccc(Br)c3n2)cc1NC=O. The number of nitrogens with zero attached hydrogens (tertiary/aromatic N) is 2. The van der Waals surface area contributed by atoms with Crippen LogP contribution < -0.4 is 10.6 Å². The van der Waals surface area contributed by atoms with E-state index in [4.69, 9.17) is 0 Å². The van der Waals surface area contributed by atoms with E-state index in [2.05, 4.69) is 36.5 Å². The van der Waals surface area contributed by atoms with E-state index in [0.29, 0.717) is 12.4 Å². The zero-order valence-corrected chi connectivity index (χ0v) is 13.4. The molecule has 22 heavy (non-hydrogen) atoms. The third-order valence-corrected chi connectivity index (χ3v) is 3.91. The van der Waals surface area contributed by atoms with E-state index in [1.54, 1.807) is 6.20 Å². The van der Waals surface area contributed by atoms with Crippen LogP contribution >= 0.6 is 15.9 Å². The van der Waals surface area contributed by atoms with Gasteiger partial charge in [0, 0.05) is 27.4 Å². The maximum atomic E-state index is 10.6. The Morgan fingerprint density at radius 3 is 2.91 bits per heavy atom. The normalized spacial score (nSPS) is 10.5. The summed E-state index contributed by atoms with van der Waals surface area (Å²) in [6.07, 6.45) is 2.43. The molecule has 0 aliphatic rings. The molecule has 6 heteroatoms. The van der Waals surface area contributed by atoms with Gasteiger partial charge in [-0.05, 0) is 46.6 Å². The third kappa shape index (κ3) is 2.92. The van der Waals surface area contributed by atoms with E-state index in [1.807, 2.05) is 43.3 Å². The number of halogens is 1. The van der Waals surface area contributed by atoms with Crippen LogP contribution in [0.1, 0.15) is 5.56 Å². The number of benzene rings is 2. The van der Waals surface area contributed by atoms with Gasteiger partial charge in [-0.2, -0.15) is 0 Å². The minimum Gasteiger partial charge on any atom is -0.328 e. The number of hydrogen-bond acceptors (Lipinski definition) is 4. The number of carbonyl (C=O) groups excluding carboxylic acids is 1. The average Bonchev–Trinajstić information content (AvgIpc) is 2.52. The Morgan fingerprint density at radius 1 is 1.23 bits per heavy atom. The van der Waals surface area contributed by atoms with Crippen molar-refractivity contribution in [3.05, 3.63) is 52.6 Å². The molecular weight excluding hydrogens is 344 g/mol. The summed E-state index contributed by atoms with van der Waals surface area (Å²) in [6.45, 7) is 1.93. The van der Waals surface area contributed by atoms with Crippen molar-refractivity contribution in [1.29, 1.82) is 0 Å². The zero-order valence-electron chi connectivity index (χ0n) is 11.8. The highest BCUT2D eigenvalue weighted by molar-refractivity contribution is 9.10. The van der Waals surface area contributed by atoms with Gasteiger partial charge in [0.05, 0.1) is 5.52 Å². The van der Waals surface area contributed by atoms with E-state index in [1.165, 1.54) is 0 Å². The summed E-state index contributed by atoms with van der Waals surface area (Å²) in [5.74, 6) is 0.500. The van der Waals surface area contributed by atoms with Crippen molar-refractivity contribution in [2.45, 2.75) is 6.92 Å². The summed E-state index contributed by atoms with van der Waals surface area (Å²) in [5.41, 5.74) is 3.39. The molecule has 3 aromatic rings. The largest absolute Gasteiger partial charge is 0.328 e. The molecule has 0 saturated heterocycles. The standard InChI is InChI=1S/C16H13BrN4O/c1-10-5-6-12(7-14(10)19-9-22)20-16-18-8-11-3-2-4-13(17)15(11)21-16/h2-9H,1H3,(H,19,22)(H,18,20,21). The van der Waals surface area contributed by atoms with Crippen LogP contribution in [0.4, 0.5) is 17.3 Å². The minimum atomic E-state index is 0.500. The predicted molar refractivity (Wildman–Crippen MR) is 91.4 cm³/mol. The number of rotatable bonds is 4. The zero-order chi connectivity index (χ0) is 15.5. The molecule has 110 valence electrons. The highest BCUT2D eigenvalue weighted by atomic mass is 79.9. The lowest BCUT2D eigenvalue weighted by molar-refractivity contribution is -0.105. The van der Waals surface area contributed by atoms with Crippen LogP contribution in [0.3, 0.4) is 0 Å². The molecular formula is C16H13BrN4O. The smallest absolute Gasteiger partial charge is 0.227 e. The van der Waals surface area contributed by atoms with Crippen LogP contribution in [0, 0.1) is 6.92 Å². The lowest BCUT2D eigenvalue weighted by Crippen LogP contribution is -2.00. The van der Waals surface area contributed by atoms with Gasteiger partial charge < -0.3 is 10.6 Å². The molecule has 3 rings (SSSR count). The van der Waals surface area contributed by atoms with Crippen molar-refractivity contribution in [2.75, 3.05) is 10.6 Å². The van der Waals surface area contributed by atoms with Crippen LogP contribution in [-0.2, 0) is 4.79 Å². The Morgan fingerprint density at radius 2 is 2.09 bits per heavy atom. The molecule has 0 bridgehead atoms. The lowest BCUT2D eigenvalue weighted by Gasteiger charge is -2.10. The summed E-state index contributed by atoms with van der Waals surface area (Å²) in [6, 6.07) is 11.5. The monoisotopic (exact) mass is 356 g/mol. The van der Waals surface area contributed by atoms with Crippen molar-refractivity contribution >= 4 is 50.6 Å². The average molecular weight is 357 g/mol. The van der Waals surface area contributed by atoms with Gasteiger partial charge in [0.2, 0.25) is 12.4 Å². The molecule has 0 aliphatic carbocycles. The predicted octanol–water partition coefficient (Wildman–Crippen LogP) is 4.01. The molecule has 0 aliphatic heterocycles. The fourth-order valence-corrected chi connectivity index (χ4v) is 2.60. The molecule has 1 heterocycles. The minimum absolute atomic E-state index is 0.500. The Kier molecular flexibility index (Phi) is 4.02. The number of aromatic nitrogens is 2. The molecule has 0 saturated carbocycles. The molecule has 2 N–H and O–H groups in total. The van der Waals surface area contributed by atoms with Crippen LogP contribution in [0.5, 0.6) is 0 Å². The maximum Gasteiger partial charge on any atom is 0.227 e. The van der Waals surface area contributed by atoms with Gasteiger partial charge in [-0.25, -0.2) is 9.97 Å². The Hall–Kier alpha value is -2.47. The molecule has 5 nitrogen and oxygen atoms in total. The molecule has 0 radical (unpaired) electrons. The first-order chi connectivity index (χ1) is 10.7. The molecule has 0 unspecified atom stereocenters. The number of anilines is 3. The second kappa shape index (κ2) is 6.11. The number of para-hydroxylation sites is 1. The Bertz CT molecular complexity index is 851. The summed E-state index contributed by atoms with van der Waals surface area (Å²) in [5, 5.41) is 6.79. The fourth-order valence-electron chi connectivity index (χ4n) is 2.13. The summed E-state index contributed by atoms with van der Waals surface area (Å²) >= 11 is 3.49. The molecule has 2 aromatic carbocycles. The van der Waals surface area contributed by atoms with E-state index >= 15 is 0 Å². The van der Waals surface area contributed by atoms with Gasteiger partial charge in [-0.15, -0.1) is 0 Å². The molecule has 0 atom stereocenters. The number of amides is 1. The number of aryl methyl sites for hydroxylation is 1. The number of fused-ring (bicyclic) bond motifs is 1. The quantitative estimate of drug-likeness (QED) is 0.693. The topological polar surface area (TPSA) is 66.9 Å². The van der Waals surface area contributed by atoms with Crippen LogP contribution in [-0.4, -0.2) is 16.4 Å². The van der Waals surface area contributed by atoms with E-state index < -0.39 is 0 Å². The van der Waals surface area contributed by atoms with Gasteiger partial charge in [-0.1, -0.05) is 18.2 Å². The van der Waals surface area contributed by atoms with Gasteiger partial charge >= 0.3 is 0 Å². The lowest BCUT2D eigenvalue weighted by atomic mass is 10.2. The molecule has 0 fully saturated rings. The van der Waals surface area contributed by atoms with Crippen molar-refractivity contribution in [1.82, 2.24) is 9.97 Å². The van der Waals surface area contributed by atoms with E-state index in [-0.39, 0.29) is 0 Å².